The van der Waals surface area contributed by atoms with Gasteiger partial charge in [0.05, 0.1) is 12.7 Å². The molecule has 96 valence electrons. The van der Waals surface area contributed by atoms with E-state index >= 15 is 0 Å². The molecule has 1 aliphatic rings. The first-order chi connectivity index (χ1) is 9.20. The lowest BCUT2D eigenvalue weighted by molar-refractivity contribution is 0.0854. The molecule has 0 radical (unpaired) electrons. The van der Waals surface area contributed by atoms with Gasteiger partial charge in [0.15, 0.2) is 6.10 Å². The number of hydrogen-bond donors (Lipinski definition) is 1. The molecule has 1 unspecified atom stereocenters. The fourth-order valence-corrected chi connectivity index (χ4v) is 2.22. The van der Waals surface area contributed by atoms with Crippen LogP contribution in [0.15, 0.2) is 42.5 Å². The fourth-order valence-electron chi connectivity index (χ4n) is 2.22. The number of ketones is 1. The van der Waals surface area contributed by atoms with E-state index in [2.05, 4.69) is 0 Å². The van der Waals surface area contributed by atoms with E-state index in [4.69, 9.17) is 9.47 Å². The van der Waals surface area contributed by atoms with Crippen molar-refractivity contribution in [3.05, 3.63) is 53.6 Å². The van der Waals surface area contributed by atoms with Gasteiger partial charge in [-0.1, -0.05) is 18.2 Å². The van der Waals surface area contributed by atoms with Gasteiger partial charge in [0.25, 0.3) is 0 Å². The van der Waals surface area contributed by atoms with Crippen LogP contribution >= 0.6 is 0 Å². The standard InChI is InChI=1S/C15H12O4/c1-18-12-5-3-2-4-11(12)15-14(17)10-7-6-9(16)8-13(10)19-15/h2-8,15-16H,1H3. The van der Waals surface area contributed by atoms with Crippen LogP contribution in [0.5, 0.6) is 17.2 Å². The van der Waals surface area contributed by atoms with Crippen molar-refractivity contribution >= 4 is 5.78 Å². The minimum atomic E-state index is -0.715. The topological polar surface area (TPSA) is 55.8 Å². The van der Waals surface area contributed by atoms with Gasteiger partial charge in [0.1, 0.15) is 17.2 Å². The lowest BCUT2D eigenvalue weighted by Gasteiger charge is -2.13. The van der Waals surface area contributed by atoms with E-state index in [1.807, 2.05) is 12.1 Å². The molecule has 0 saturated carbocycles. The number of ether oxygens (including phenoxy) is 2. The second-order valence-corrected chi connectivity index (χ2v) is 4.28. The lowest BCUT2D eigenvalue weighted by Crippen LogP contribution is -2.12. The summed E-state index contributed by atoms with van der Waals surface area (Å²) >= 11 is 0. The molecule has 19 heavy (non-hydrogen) atoms. The molecule has 4 nitrogen and oxygen atoms in total. The maximum Gasteiger partial charge on any atom is 0.211 e. The molecule has 1 atom stereocenters. The zero-order valence-electron chi connectivity index (χ0n) is 10.3. The number of phenolic OH excluding ortho intramolecular Hbond substituents is 1. The average Bonchev–Trinajstić information content (AvgIpc) is 2.75. The van der Waals surface area contributed by atoms with Crippen molar-refractivity contribution in [1.82, 2.24) is 0 Å². The van der Waals surface area contributed by atoms with Crippen LogP contribution in [0, 0.1) is 0 Å². The molecule has 0 bridgehead atoms. The number of methoxy groups -OCH3 is 1. The molecule has 0 saturated heterocycles. The Morgan fingerprint density at radius 1 is 1.21 bits per heavy atom. The van der Waals surface area contributed by atoms with Crippen LogP contribution in [0.1, 0.15) is 22.0 Å². The molecule has 0 fully saturated rings. The second kappa shape index (κ2) is 4.31. The summed E-state index contributed by atoms with van der Waals surface area (Å²) in [4.78, 5) is 12.3. The first-order valence-corrected chi connectivity index (χ1v) is 5.87. The molecular weight excluding hydrogens is 244 g/mol. The van der Waals surface area contributed by atoms with E-state index in [0.717, 1.165) is 0 Å². The molecule has 0 aromatic heterocycles. The van der Waals surface area contributed by atoms with Gasteiger partial charge in [0.2, 0.25) is 5.78 Å². The third kappa shape index (κ3) is 1.81. The number of benzene rings is 2. The number of Topliss-reactive ketones (excluding diaryl/α,β-unsaturated/α-hetero) is 1. The number of rotatable bonds is 2. The van der Waals surface area contributed by atoms with E-state index < -0.39 is 6.10 Å². The maximum absolute atomic E-state index is 12.3. The van der Waals surface area contributed by atoms with Crippen molar-refractivity contribution in [2.75, 3.05) is 7.11 Å². The number of para-hydroxylation sites is 1. The van der Waals surface area contributed by atoms with Crippen molar-refractivity contribution in [1.29, 1.82) is 0 Å². The molecule has 0 amide bonds. The Morgan fingerprint density at radius 2 is 2.00 bits per heavy atom. The van der Waals surface area contributed by atoms with Gasteiger partial charge < -0.3 is 14.6 Å². The van der Waals surface area contributed by atoms with Gasteiger partial charge >= 0.3 is 0 Å². The van der Waals surface area contributed by atoms with E-state index in [9.17, 15) is 9.90 Å². The highest BCUT2D eigenvalue weighted by atomic mass is 16.5. The second-order valence-electron chi connectivity index (χ2n) is 4.28. The van der Waals surface area contributed by atoms with Gasteiger partial charge in [-0.2, -0.15) is 0 Å². The minimum Gasteiger partial charge on any atom is -0.508 e. The summed E-state index contributed by atoms with van der Waals surface area (Å²) in [5.74, 6) is 0.963. The third-order valence-electron chi connectivity index (χ3n) is 3.14. The Morgan fingerprint density at radius 3 is 2.79 bits per heavy atom. The highest BCUT2D eigenvalue weighted by Crippen LogP contribution is 2.40. The first kappa shape index (κ1) is 11.6. The molecule has 0 aliphatic carbocycles. The third-order valence-corrected chi connectivity index (χ3v) is 3.14. The Bertz CT molecular complexity index is 648. The molecule has 2 aromatic carbocycles. The smallest absolute Gasteiger partial charge is 0.211 e. The van der Waals surface area contributed by atoms with E-state index in [0.29, 0.717) is 22.6 Å². The van der Waals surface area contributed by atoms with Gasteiger partial charge in [-0.05, 0) is 18.2 Å². The first-order valence-electron chi connectivity index (χ1n) is 5.87. The molecule has 1 heterocycles. The fraction of sp³-hybridized carbons (Fsp3) is 0.133. The van der Waals surface area contributed by atoms with Crippen LogP contribution < -0.4 is 9.47 Å². The highest BCUT2D eigenvalue weighted by molar-refractivity contribution is 6.05. The van der Waals surface area contributed by atoms with Crippen molar-refractivity contribution in [2.45, 2.75) is 6.10 Å². The predicted molar refractivity (Wildman–Crippen MR) is 68.8 cm³/mol. The monoisotopic (exact) mass is 256 g/mol. The zero-order chi connectivity index (χ0) is 13.4. The molecule has 4 heteroatoms. The largest absolute Gasteiger partial charge is 0.508 e. The molecular formula is C15H12O4. The summed E-state index contributed by atoms with van der Waals surface area (Å²) in [5, 5.41) is 9.42. The predicted octanol–water partition coefficient (Wildman–Crippen LogP) is 2.72. The molecule has 0 spiro atoms. The number of fused-ring (bicyclic) bond motifs is 1. The van der Waals surface area contributed by atoms with Gasteiger partial charge in [-0.15, -0.1) is 0 Å². The summed E-state index contributed by atoms with van der Waals surface area (Å²) in [6.45, 7) is 0. The summed E-state index contributed by atoms with van der Waals surface area (Å²) in [5.41, 5.74) is 1.17. The number of hydrogen-bond acceptors (Lipinski definition) is 4. The number of aromatic hydroxyl groups is 1. The Labute approximate surface area is 110 Å². The average molecular weight is 256 g/mol. The minimum absolute atomic E-state index is 0.0761. The SMILES string of the molecule is COc1ccccc1C1Oc2cc(O)ccc2C1=O. The van der Waals surface area contributed by atoms with Crippen LogP contribution in [0.3, 0.4) is 0 Å². The quantitative estimate of drug-likeness (QED) is 0.897. The Kier molecular flexibility index (Phi) is 2.63. The van der Waals surface area contributed by atoms with E-state index in [-0.39, 0.29) is 11.5 Å². The zero-order valence-corrected chi connectivity index (χ0v) is 10.3. The number of phenols is 1. The molecule has 1 aliphatic heterocycles. The Hall–Kier alpha value is -2.49. The molecule has 2 aromatic rings. The maximum atomic E-state index is 12.3. The van der Waals surface area contributed by atoms with Crippen LogP contribution in [0.2, 0.25) is 0 Å². The van der Waals surface area contributed by atoms with Gasteiger partial charge in [-0.25, -0.2) is 0 Å². The molecule has 3 rings (SSSR count). The van der Waals surface area contributed by atoms with Crippen molar-refractivity contribution in [3.8, 4) is 17.2 Å². The van der Waals surface area contributed by atoms with E-state index in [1.165, 1.54) is 12.1 Å². The van der Waals surface area contributed by atoms with E-state index in [1.54, 1.807) is 25.3 Å². The Balaban J connectivity index is 2.04. The van der Waals surface area contributed by atoms with Gasteiger partial charge in [0, 0.05) is 11.6 Å². The van der Waals surface area contributed by atoms with Crippen LogP contribution in [-0.4, -0.2) is 18.0 Å². The normalized spacial score (nSPS) is 16.9. The highest BCUT2D eigenvalue weighted by Gasteiger charge is 2.35. The van der Waals surface area contributed by atoms with Crippen LogP contribution in [-0.2, 0) is 0 Å². The van der Waals surface area contributed by atoms with Crippen LogP contribution in [0.4, 0.5) is 0 Å². The van der Waals surface area contributed by atoms with Crippen LogP contribution in [0.25, 0.3) is 0 Å². The number of carbonyl (C=O) groups excluding carboxylic acids is 1. The summed E-state index contributed by atoms with van der Waals surface area (Å²) in [6.07, 6.45) is -0.715. The molecule has 1 N–H and O–H groups in total. The number of carbonyl (C=O) groups is 1. The van der Waals surface area contributed by atoms with Gasteiger partial charge in [-0.3, -0.25) is 4.79 Å². The summed E-state index contributed by atoms with van der Waals surface area (Å²) < 4.78 is 10.9. The summed E-state index contributed by atoms with van der Waals surface area (Å²) in [7, 11) is 1.55. The summed E-state index contributed by atoms with van der Waals surface area (Å²) in [6, 6.07) is 11.7. The van der Waals surface area contributed by atoms with Crippen molar-refractivity contribution in [2.24, 2.45) is 0 Å². The van der Waals surface area contributed by atoms with Crippen molar-refractivity contribution in [3.63, 3.8) is 0 Å². The lowest BCUT2D eigenvalue weighted by atomic mass is 10.0. The van der Waals surface area contributed by atoms with Crippen molar-refractivity contribution < 1.29 is 19.4 Å².